The zero-order chi connectivity index (χ0) is 68.5. The number of aryl methyl sites for hydroxylation is 6. The van der Waals surface area contributed by atoms with E-state index in [-0.39, 0.29) is 18.3 Å². The van der Waals surface area contributed by atoms with E-state index in [1.165, 1.54) is 131 Å². The fourth-order valence-electron chi connectivity index (χ4n) is 15.2. The molecule has 0 aliphatic carbocycles. The summed E-state index contributed by atoms with van der Waals surface area (Å²) in [6.45, 7) is 20.8. The highest BCUT2D eigenvalue weighted by Gasteiger charge is 2.51. The molecule has 19 rings (SSSR count). The van der Waals surface area contributed by atoms with Crippen LogP contribution in [0.5, 0.6) is 0 Å². The molecule has 4 aromatic heterocycles. The van der Waals surface area contributed by atoms with E-state index in [0.29, 0.717) is 0 Å². The van der Waals surface area contributed by atoms with E-state index in [2.05, 4.69) is 289 Å². The lowest BCUT2D eigenvalue weighted by Crippen LogP contribution is -2.41. The standard InChI is InChI=1S/C43H30N2.C35H31BO2.C14H11ClN2/c1-25-10-12-34(39-22-27(3)45-43-37(39)21-18-31-13-11-26(2)44-42(31)43)24-38(25)33-9-5-8-32(23-33)35-19-16-30-15-14-28-6-4-7-29-17-20-36(35)41(30)40(28)29;1-22-12-17-28(36-37-34(2,3)35(4,5)38-36)21-31(22)27-11-7-10-26(20-27)29-18-15-25-14-13-23-8-6-9-24-16-19-30(29)33(25)32(23)24;1-8-3-4-10-5-6-11-12(15)7-9(2)17-14(11)13(10)16-8/h4-24H,1-3H3;6-21H,1-5H3;3-7H,1-2H3. The molecule has 5 heterocycles. The summed E-state index contributed by atoms with van der Waals surface area (Å²) in [5.41, 5.74) is 22.7. The van der Waals surface area contributed by atoms with E-state index in [0.717, 1.165) is 76.9 Å². The largest absolute Gasteiger partial charge is 0.494 e. The molecule has 14 aromatic carbocycles. The van der Waals surface area contributed by atoms with Crippen molar-refractivity contribution in [2.24, 2.45) is 0 Å². The fourth-order valence-corrected chi connectivity index (χ4v) is 15.6. The lowest BCUT2D eigenvalue weighted by atomic mass is 9.77. The molecule has 0 N–H and O–H groups in total. The Balaban J connectivity index is 0.000000123. The highest BCUT2D eigenvalue weighted by molar-refractivity contribution is 6.62. The molecular weight excluding hydrogens is 1240 g/mol. The number of aromatic nitrogens is 4. The van der Waals surface area contributed by atoms with E-state index in [9.17, 15) is 0 Å². The molecule has 1 fully saturated rings. The molecule has 1 aliphatic heterocycles. The minimum absolute atomic E-state index is 0.363. The lowest BCUT2D eigenvalue weighted by molar-refractivity contribution is 0.00578. The summed E-state index contributed by atoms with van der Waals surface area (Å²) in [5, 5.41) is 20.8. The van der Waals surface area contributed by atoms with E-state index in [1.54, 1.807) is 0 Å². The van der Waals surface area contributed by atoms with Crippen LogP contribution in [-0.4, -0.2) is 38.3 Å². The maximum atomic E-state index is 6.36. The molecule has 6 nitrogen and oxygen atoms in total. The molecule has 8 heteroatoms. The van der Waals surface area contributed by atoms with Gasteiger partial charge in [-0.2, -0.15) is 0 Å². The maximum absolute atomic E-state index is 6.36. The number of benzene rings is 14. The molecule has 1 saturated heterocycles. The van der Waals surface area contributed by atoms with Gasteiger partial charge in [-0.3, -0.25) is 19.9 Å². The molecule has 0 saturated carbocycles. The molecule has 18 aromatic rings. The summed E-state index contributed by atoms with van der Waals surface area (Å²) < 4.78 is 12.7. The summed E-state index contributed by atoms with van der Waals surface area (Å²) in [6, 6.07) is 92.5. The van der Waals surface area contributed by atoms with Crippen molar-refractivity contribution in [3.8, 4) is 55.6 Å². The monoisotopic (exact) mass is 1310 g/mol. The van der Waals surface area contributed by atoms with Crippen LogP contribution < -0.4 is 5.46 Å². The van der Waals surface area contributed by atoms with Gasteiger partial charge in [-0.15, -0.1) is 0 Å². The molecule has 100 heavy (non-hydrogen) atoms. The fraction of sp³-hybridized carbons (Fsp3) is 0.130. The zero-order valence-corrected chi connectivity index (χ0v) is 58.6. The van der Waals surface area contributed by atoms with Gasteiger partial charge < -0.3 is 9.31 Å². The van der Waals surface area contributed by atoms with Gasteiger partial charge in [-0.25, -0.2) is 0 Å². The van der Waals surface area contributed by atoms with Crippen LogP contribution in [0.2, 0.25) is 5.02 Å². The van der Waals surface area contributed by atoms with Gasteiger partial charge in [-0.05, 0) is 249 Å². The summed E-state index contributed by atoms with van der Waals surface area (Å²) >= 11 is 6.23. The van der Waals surface area contributed by atoms with E-state index in [4.69, 9.17) is 30.9 Å². The van der Waals surface area contributed by atoms with E-state index in [1.807, 2.05) is 45.0 Å². The number of hydrogen-bond acceptors (Lipinski definition) is 6. The molecular formula is C92H72BClN4O2. The Morgan fingerprint density at radius 1 is 0.280 bits per heavy atom. The van der Waals surface area contributed by atoms with Gasteiger partial charge in [0.1, 0.15) is 0 Å². The zero-order valence-electron chi connectivity index (χ0n) is 57.8. The Morgan fingerprint density at radius 3 is 1.17 bits per heavy atom. The summed E-state index contributed by atoms with van der Waals surface area (Å²) in [7, 11) is -0.375. The Kier molecular flexibility index (Phi) is 15.2. The second-order valence-electron chi connectivity index (χ2n) is 28.3. The van der Waals surface area contributed by atoms with Crippen molar-refractivity contribution in [3.05, 3.63) is 294 Å². The van der Waals surface area contributed by atoms with Crippen molar-refractivity contribution in [2.45, 2.75) is 80.4 Å². The number of rotatable bonds is 6. The number of halogens is 1. The number of nitrogens with zero attached hydrogens (tertiary/aromatic N) is 4. The van der Waals surface area contributed by atoms with Crippen molar-refractivity contribution in [1.82, 2.24) is 19.9 Å². The van der Waals surface area contributed by atoms with Gasteiger partial charge in [0.25, 0.3) is 0 Å². The minimum atomic E-state index is -0.375. The second kappa shape index (κ2) is 24.2. The molecule has 0 bridgehead atoms. The van der Waals surface area contributed by atoms with Gasteiger partial charge >= 0.3 is 7.12 Å². The van der Waals surface area contributed by atoms with Crippen molar-refractivity contribution in [3.63, 3.8) is 0 Å². The molecule has 482 valence electrons. The number of hydrogen-bond donors (Lipinski definition) is 0. The van der Waals surface area contributed by atoms with Crippen LogP contribution in [0.25, 0.3) is 164 Å². The van der Waals surface area contributed by atoms with Crippen molar-refractivity contribution in [1.29, 1.82) is 0 Å². The molecule has 0 atom stereocenters. The summed E-state index contributed by atoms with van der Waals surface area (Å²) in [6.07, 6.45) is 0. The third-order valence-electron chi connectivity index (χ3n) is 21.1. The first-order valence-electron chi connectivity index (χ1n) is 34.5. The minimum Gasteiger partial charge on any atom is -0.399 e. The van der Waals surface area contributed by atoms with Crippen LogP contribution in [0.4, 0.5) is 0 Å². The average Bonchev–Trinajstić information content (AvgIpc) is 1.05. The first-order chi connectivity index (χ1) is 48.4. The lowest BCUT2D eigenvalue weighted by Gasteiger charge is -2.32. The van der Waals surface area contributed by atoms with Crippen LogP contribution in [-0.2, 0) is 9.31 Å². The highest BCUT2D eigenvalue weighted by atomic mass is 35.5. The van der Waals surface area contributed by atoms with Gasteiger partial charge in [0, 0.05) is 44.3 Å². The molecule has 0 amide bonds. The molecule has 0 radical (unpaired) electrons. The summed E-state index contributed by atoms with van der Waals surface area (Å²) in [5.74, 6) is 0. The first-order valence-corrected chi connectivity index (χ1v) is 34.9. The van der Waals surface area contributed by atoms with Crippen molar-refractivity contribution < 1.29 is 9.31 Å². The maximum Gasteiger partial charge on any atom is 0.494 e. The second-order valence-corrected chi connectivity index (χ2v) is 28.7. The molecule has 0 spiro atoms. The first kappa shape index (κ1) is 62.6. The third-order valence-corrected chi connectivity index (χ3v) is 21.4. The normalized spacial score (nSPS) is 13.6. The number of fused-ring (bicyclic) bond motifs is 6. The van der Waals surface area contributed by atoms with Crippen LogP contribution in [0, 0.1) is 41.5 Å². The van der Waals surface area contributed by atoms with E-state index >= 15 is 0 Å². The van der Waals surface area contributed by atoms with Gasteiger partial charge in [-0.1, -0.05) is 224 Å². The van der Waals surface area contributed by atoms with Crippen molar-refractivity contribution >= 4 is 132 Å². The van der Waals surface area contributed by atoms with Crippen LogP contribution in [0.1, 0.15) is 61.6 Å². The SMILES string of the molecule is Cc1ccc(B2OC(C)(C)C(C)(C)O2)cc1-c1cccc(-c2ccc3ccc4cccc5ccc2c3c45)c1.Cc1ccc2ccc3c(-c4ccc(C)c(-c5cccc(-c6ccc7ccc8cccc9ccc6c7c89)c5)c4)cc(C)nc3c2n1.Cc1ccc2ccc3c(Cl)cc(C)nc3c2n1. The van der Waals surface area contributed by atoms with Crippen LogP contribution >= 0.6 is 11.6 Å². The third kappa shape index (κ3) is 10.8. The van der Waals surface area contributed by atoms with E-state index < -0.39 is 0 Å². The topological polar surface area (TPSA) is 70.0 Å². The predicted molar refractivity (Wildman–Crippen MR) is 424 cm³/mol. The van der Waals surface area contributed by atoms with Gasteiger partial charge in [0.05, 0.1) is 38.3 Å². The molecule has 1 aliphatic rings. The number of pyridine rings is 4. The Bertz CT molecular complexity index is 6310. The Hall–Kier alpha value is -10.9. The van der Waals surface area contributed by atoms with Gasteiger partial charge in [0.2, 0.25) is 0 Å². The quantitative estimate of drug-likeness (QED) is 0.122. The van der Waals surface area contributed by atoms with Crippen LogP contribution in [0.3, 0.4) is 0 Å². The highest BCUT2D eigenvalue weighted by Crippen LogP contribution is 2.45. The van der Waals surface area contributed by atoms with Crippen molar-refractivity contribution in [2.75, 3.05) is 0 Å². The Labute approximate surface area is 587 Å². The summed E-state index contributed by atoms with van der Waals surface area (Å²) in [4.78, 5) is 19.0. The molecule has 0 unspecified atom stereocenters. The Morgan fingerprint density at radius 2 is 0.650 bits per heavy atom. The smallest absolute Gasteiger partial charge is 0.399 e. The van der Waals surface area contributed by atoms with Gasteiger partial charge in [0.15, 0.2) is 0 Å². The van der Waals surface area contributed by atoms with Crippen LogP contribution in [0.15, 0.2) is 255 Å². The predicted octanol–water partition coefficient (Wildman–Crippen LogP) is 24.2. The average molecular weight is 1310 g/mol.